The predicted octanol–water partition coefficient (Wildman–Crippen LogP) is -0.121. The molecule has 19 heavy (non-hydrogen) atoms. The Kier molecular flexibility index (Phi) is 6.43. The Morgan fingerprint density at radius 1 is 1.42 bits per heavy atom. The summed E-state index contributed by atoms with van der Waals surface area (Å²) in [5, 5.41) is 6.26. The zero-order chi connectivity index (χ0) is 14.3. The van der Waals surface area contributed by atoms with Gasteiger partial charge >= 0.3 is 0 Å². The summed E-state index contributed by atoms with van der Waals surface area (Å²) in [5.41, 5.74) is 5.96. The summed E-state index contributed by atoms with van der Waals surface area (Å²) in [6, 6.07) is 0. The van der Waals surface area contributed by atoms with Gasteiger partial charge in [0.2, 0.25) is 0 Å². The number of nitrogens with two attached hydrogens (primary N) is 1. The molecular formula is C11H23N5O2S. The summed E-state index contributed by atoms with van der Waals surface area (Å²) >= 11 is 0. The Bertz CT molecular complexity index is 467. The van der Waals surface area contributed by atoms with Crippen molar-refractivity contribution < 1.29 is 8.42 Å². The topological polar surface area (TPSA) is 104 Å². The maximum atomic E-state index is 12.0. The monoisotopic (exact) mass is 289 g/mol. The van der Waals surface area contributed by atoms with Gasteiger partial charge in [0.05, 0.1) is 6.20 Å². The van der Waals surface area contributed by atoms with Crippen molar-refractivity contribution in [1.29, 1.82) is 0 Å². The van der Waals surface area contributed by atoms with E-state index in [1.165, 1.54) is 6.20 Å². The minimum atomic E-state index is -3.54. The first-order valence-electron chi connectivity index (χ1n) is 6.49. The van der Waals surface area contributed by atoms with Crippen molar-refractivity contribution in [3.63, 3.8) is 0 Å². The lowest BCUT2D eigenvalue weighted by Crippen LogP contribution is -2.30. The second kappa shape index (κ2) is 7.59. The molecule has 4 N–H and O–H groups in total. The van der Waals surface area contributed by atoms with Crippen LogP contribution in [-0.2, 0) is 16.6 Å². The number of aromatic nitrogens is 2. The highest BCUT2D eigenvalue weighted by molar-refractivity contribution is 7.89. The highest BCUT2D eigenvalue weighted by Crippen LogP contribution is 2.10. The molecule has 1 rings (SSSR count). The van der Waals surface area contributed by atoms with E-state index in [-0.39, 0.29) is 11.6 Å². The Hall–Kier alpha value is -0.960. The van der Waals surface area contributed by atoms with E-state index in [4.69, 9.17) is 5.73 Å². The van der Waals surface area contributed by atoms with Crippen LogP contribution in [0.25, 0.3) is 0 Å². The fraction of sp³-hybridized carbons (Fsp3) is 0.727. The molecule has 8 heteroatoms. The van der Waals surface area contributed by atoms with Gasteiger partial charge in [0.25, 0.3) is 10.0 Å². The van der Waals surface area contributed by atoms with Gasteiger partial charge < -0.3 is 10.6 Å². The fourth-order valence-electron chi connectivity index (χ4n) is 1.80. The first kappa shape index (κ1) is 16.1. The smallest absolute Gasteiger partial charge is 0.257 e. The summed E-state index contributed by atoms with van der Waals surface area (Å²) in [5.74, 6) is 0. The third-order valence-corrected chi connectivity index (χ3v) is 4.48. The molecule has 0 atom stereocenters. The van der Waals surface area contributed by atoms with Crippen LogP contribution in [0.15, 0.2) is 11.2 Å². The largest absolute Gasteiger partial charge is 0.326 e. The molecule has 7 nitrogen and oxygen atoms in total. The summed E-state index contributed by atoms with van der Waals surface area (Å²) in [6.45, 7) is 7.55. The van der Waals surface area contributed by atoms with Crippen LogP contribution in [0.3, 0.4) is 0 Å². The highest BCUT2D eigenvalue weighted by atomic mass is 32.2. The van der Waals surface area contributed by atoms with Gasteiger partial charge in [-0.15, -0.1) is 0 Å². The van der Waals surface area contributed by atoms with Gasteiger partial charge in [0, 0.05) is 18.7 Å². The molecule has 0 unspecified atom stereocenters. The summed E-state index contributed by atoms with van der Waals surface area (Å²) < 4.78 is 26.6. The van der Waals surface area contributed by atoms with Crippen molar-refractivity contribution in [2.75, 3.05) is 26.2 Å². The molecule has 0 spiro atoms. The van der Waals surface area contributed by atoms with Crippen molar-refractivity contribution in [1.82, 2.24) is 19.8 Å². The van der Waals surface area contributed by atoms with Gasteiger partial charge in [-0.3, -0.25) is 5.10 Å². The highest BCUT2D eigenvalue weighted by Gasteiger charge is 2.19. The van der Waals surface area contributed by atoms with Crippen molar-refractivity contribution in [2.24, 2.45) is 5.73 Å². The first-order chi connectivity index (χ1) is 9.05. The molecule has 0 fully saturated rings. The van der Waals surface area contributed by atoms with Crippen LogP contribution in [0, 0.1) is 0 Å². The van der Waals surface area contributed by atoms with Gasteiger partial charge in [0.15, 0.2) is 5.03 Å². The first-order valence-corrected chi connectivity index (χ1v) is 7.97. The summed E-state index contributed by atoms with van der Waals surface area (Å²) in [6.07, 6.45) is 2.21. The van der Waals surface area contributed by atoms with Crippen molar-refractivity contribution in [3.05, 3.63) is 11.8 Å². The van der Waals surface area contributed by atoms with Gasteiger partial charge in [-0.1, -0.05) is 13.8 Å². The summed E-state index contributed by atoms with van der Waals surface area (Å²) in [4.78, 5) is 2.25. The van der Waals surface area contributed by atoms with E-state index in [1.807, 2.05) is 0 Å². The van der Waals surface area contributed by atoms with Crippen LogP contribution < -0.4 is 10.5 Å². The standard InChI is InChI=1S/C11H23N5O2S/c1-3-16(4-2)7-5-6-14-19(17,18)11-10(8-12)9-13-15-11/h9,14H,3-8,12H2,1-2H3,(H,13,15). The van der Waals surface area contributed by atoms with Crippen LogP contribution in [0.1, 0.15) is 25.8 Å². The number of hydrogen-bond acceptors (Lipinski definition) is 5. The minimum absolute atomic E-state index is 0.0674. The lowest BCUT2D eigenvalue weighted by atomic mass is 10.4. The average Bonchev–Trinajstić information content (AvgIpc) is 2.88. The maximum absolute atomic E-state index is 12.0. The van der Waals surface area contributed by atoms with Crippen LogP contribution in [0.5, 0.6) is 0 Å². The van der Waals surface area contributed by atoms with Crippen molar-refractivity contribution in [2.45, 2.75) is 31.8 Å². The Morgan fingerprint density at radius 3 is 2.68 bits per heavy atom. The molecule has 1 aromatic rings. The SMILES string of the molecule is CCN(CC)CCCNS(=O)(=O)c1[nH]ncc1CN. The van der Waals surface area contributed by atoms with Gasteiger partial charge in [-0.05, 0) is 26.1 Å². The zero-order valence-electron chi connectivity index (χ0n) is 11.5. The minimum Gasteiger partial charge on any atom is -0.326 e. The van der Waals surface area contributed by atoms with E-state index < -0.39 is 10.0 Å². The number of hydrogen-bond donors (Lipinski definition) is 3. The van der Waals surface area contributed by atoms with E-state index >= 15 is 0 Å². The van der Waals surface area contributed by atoms with E-state index in [9.17, 15) is 8.42 Å². The number of nitrogens with one attached hydrogen (secondary N) is 2. The molecule has 0 saturated heterocycles. The lowest BCUT2D eigenvalue weighted by Gasteiger charge is -2.17. The number of rotatable bonds is 9. The Labute approximate surface area is 114 Å². The van der Waals surface area contributed by atoms with Crippen molar-refractivity contribution >= 4 is 10.0 Å². The van der Waals surface area contributed by atoms with E-state index in [1.54, 1.807) is 0 Å². The zero-order valence-corrected chi connectivity index (χ0v) is 12.3. The van der Waals surface area contributed by atoms with Gasteiger partial charge in [-0.25, -0.2) is 13.1 Å². The molecule has 0 aromatic carbocycles. The molecule has 0 saturated carbocycles. The molecule has 0 bridgehead atoms. The number of sulfonamides is 1. The number of nitrogens with zero attached hydrogens (tertiary/aromatic N) is 2. The van der Waals surface area contributed by atoms with E-state index in [0.717, 1.165) is 26.1 Å². The summed E-state index contributed by atoms with van der Waals surface area (Å²) in [7, 11) is -3.54. The van der Waals surface area contributed by atoms with Crippen LogP contribution in [0.4, 0.5) is 0 Å². The van der Waals surface area contributed by atoms with Crippen LogP contribution >= 0.6 is 0 Å². The van der Waals surface area contributed by atoms with E-state index in [2.05, 4.69) is 33.7 Å². The van der Waals surface area contributed by atoms with Crippen LogP contribution in [-0.4, -0.2) is 49.7 Å². The number of aromatic amines is 1. The molecule has 0 radical (unpaired) electrons. The molecule has 0 amide bonds. The average molecular weight is 289 g/mol. The third kappa shape index (κ3) is 4.57. The van der Waals surface area contributed by atoms with E-state index in [0.29, 0.717) is 12.1 Å². The second-order valence-corrected chi connectivity index (χ2v) is 5.91. The van der Waals surface area contributed by atoms with Crippen molar-refractivity contribution in [3.8, 4) is 0 Å². The Balaban J connectivity index is 2.48. The Morgan fingerprint density at radius 2 is 2.11 bits per heavy atom. The molecule has 0 aliphatic rings. The molecule has 1 heterocycles. The van der Waals surface area contributed by atoms with Gasteiger partial charge in [-0.2, -0.15) is 5.10 Å². The molecular weight excluding hydrogens is 266 g/mol. The second-order valence-electron chi connectivity index (χ2n) is 4.21. The molecule has 110 valence electrons. The normalized spacial score (nSPS) is 12.2. The third-order valence-electron chi connectivity index (χ3n) is 3.00. The van der Waals surface area contributed by atoms with Gasteiger partial charge in [0.1, 0.15) is 0 Å². The fourth-order valence-corrected chi connectivity index (χ4v) is 3.01. The molecule has 1 aromatic heterocycles. The van der Waals surface area contributed by atoms with Crippen LogP contribution in [0.2, 0.25) is 0 Å². The maximum Gasteiger partial charge on any atom is 0.257 e. The molecule has 0 aliphatic carbocycles. The predicted molar refractivity (Wildman–Crippen MR) is 74.1 cm³/mol. The number of H-pyrrole nitrogens is 1. The molecule has 0 aliphatic heterocycles. The quantitative estimate of drug-likeness (QED) is 0.550. The lowest BCUT2D eigenvalue weighted by molar-refractivity contribution is 0.300.